The van der Waals surface area contributed by atoms with Crippen LogP contribution < -0.4 is 5.73 Å². The zero-order chi connectivity index (χ0) is 11.5. The molecule has 0 aliphatic carbocycles. The summed E-state index contributed by atoms with van der Waals surface area (Å²) in [6.07, 6.45) is 1.13. The van der Waals surface area contributed by atoms with E-state index in [2.05, 4.69) is 24.0 Å². The molecule has 4 heteroatoms. The third-order valence-electron chi connectivity index (χ3n) is 3.26. The molecule has 1 fully saturated rings. The van der Waals surface area contributed by atoms with Gasteiger partial charge in [-0.05, 0) is 36.6 Å². The van der Waals surface area contributed by atoms with Crippen LogP contribution in [0.1, 0.15) is 24.8 Å². The molecular weight excluding hydrogens is 255 g/mol. The minimum atomic E-state index is 0. The highest BCUT2D eigenvalue weighted by Crippen LogP contribution is 2.21. The Labute approximate surface area is 115 Å². The number of hydrogen-bond acceptors (Lipinski definition) is 2. The van der Waals surface area contributed by atoms with Gasteiger partial charge in [0.25, 0.3) is 0 Å². The summed E-state index contributed by atoms with van der Waals surface area (Å²) in [5.41, 5.74) is 7.21. The lowest BCUT2D eigenvalue weighted by molar-refractivity contribution is 0.317. The fourth-order valence-electron chi connectivity index (χ4n) is 2.33. The summed E-state index contributed by atoms with van der Waals surface area (Å²) < 4.78 is 0. The lowest BCUT2D eigenvalue weighted by atomic mass is 10.0. The monoisotopic (exact) mass is 274 g/mol. The molecule has 0 saturated carbocycles. The van der Waals surface area contributed by atoms with Gasteiger partial charge >= 0.3 is 0 Å². The largest absolute Gasteiger partial charge is 0.326 e. The van der Waals surface area contributed by atoms with Gasteiger partial charge in [-0.25, -0.2) is 0 Å². The van der Waals surface area contributed by atoms with Crippen LogP contribution in [0.2, 0.25) is 5.02 Å². The third kappa shape index (κ3) is 4.14. The third-order valence-corrected chi connectivity index (χ3v) is 3.49. The van der Waals surface area contributed by atoms with E-state index in [0.29, 0.717) is 12.0 Å². The van der Waals surface area contributed by atoms with Crippen LogP contribution in [0.25, 0.3) is 0 Å². The lowest BCUT2D eigenvalue weighted by Gasteiger charge is -2.20. The van der Waals surface area contributed by atoms with Gasteiger partial charge < -0.3 is 10.6 Å². The number of halogens is 2. The molecule has 96 valence electrons. The molecule has 1 unspecified atom stereocenters. The molecule has 0 aromatic heterocycles. The van der Waals surface area contributed by atoms with Crippen molar-refractivity contribution in [1.82, 2.24) is 4.90 Å². The molecule has 2 N–H and O–H groups in total. The van der Waals surface area contributed by atoms with Gasteiger partial charge in [0.15, 0.2) is 0 Å². The predicted molar refractivity (Wildman–Crippen MR) is 76.1 cm³/mol. The predicted octanol–water partition coefficient (Wildman–Crippen LogP) is 2.90. The highest BCUT2D eigenvalue weighted by Gasteiger charge is 2.20. The van der Waals surface area contributed by atoms with Crippen molar-refractivity contribution in [3.63, 3.8) is 0 Å². The first-order valence-electron chi connectivity index (χ1n) is 5.88. The fourth-order valence-corrected chi connectivity index (χ4v) is 2.53. The van der Waals surface area contributed by atoms with Crippen LogP contribution in [0.15, 0.2) is 24.3 Å². The van der Waals surface area contributed by atoms with Crippen molar-refractivity contribution in [2.45, 2.75) is 25.3 Å². The average Bonchev–Trinajstić information content (AvgIpc) is 2.64. The van der Waals surface area contributed by atoms with E-state index in [4.69, 9.17) is 17.3 Å². The molecule has 0 amide bonds. The Hall–Kier alpha value is -0.280. The van der Waals surface area contributed by atoms with Crippen LogP contribution in [0, 0.1) is 0 Å². The van der Waals surface area contributed by atoms with Gasteiger partial charge in [0.1, 0.15) is 0 Å². The maximum absolute atomic E-state index is 6.00. The minimum absolute atomic E-state index is 0. The number of benzene rings is 1. The number of rotatable bonds is 3. The van der Waals surface area contributed by atoms with Crippen LogP contribution in [-0.4, -0.2) is 30.6 Å². The van der Waals surface area contributed by atoms with E-state index in [1.165, 1.54) is 5.56 Å². The molecule has 2 nitrogen and oxygen atoms in total. The number of nitrogens with zero attached hydrogens (tertiary/aromatic N) is 1. The fraction of sp³-hybridized carbons (Fsp3) is 0.538. The van der Waals surface area contributed by atoms with Gasteiger partial charge in [-0.15, -0.1) is 12.4 Å². The van der Waals surface area contributed by atoms with Gasteiger partial charge in [0, 0.05) is 24.2 Å². The molecule has 17 heavy (non-hydrogen) atoms. The quantitative estimate of drug-likeness (QED) is 0.919. The van der Waals surface area contributed by atoms with Gasteiger partial charge in [0.2, 0.25) is 0 Å². The standard InChI is InChI=1S/C13H19ClN2.ClH/c1-10(8-16-6-5-13(15)9-16)11-3-2-4-12(14)7-11;/h2-4,7,10,13H,5-6,8-9,15H2,1H3;1H/t10?,13-;/m0./s1. The molecule has 2 atom stereocenters. The Balaban J connectivity index is 0.00000144. The summed E-state index contributed by atoms with van der Waals surface area (Å²) in [5.74, 6) is 0.518. The van der Waals surface area contributed by atoms with Crippen LogP contribution in [0.4, 0.5) is 0 Å². The summed E-state index contributed by atoms with van der Waals surface area (Å²) in [6.45, 7) is 5.49. The second-order valence-electron chi connectivity index (χ2n) is 4.76. The van der Waals surface area contributed by atoms with Crippen molar-refractivity contribution < 1.29 is 0 Å². The van der Waals surface area contributed by atoms with Crippen molar-refractivity contribution in [2.24, 2.45) is 5.73 Å². The van der Waals surface area contributed by atoms with E-state index in [1.54, 1.807) is 0 Å². The minimum Gasteiger partial charge on any atom is -0.326 e. The summed E-state index contributed by atoms with van der Waals surface area (Å²) in [7, 11) is 0. The van der Waals surface area contributed by atoms with Gasteiger partial charge in [-0.3, -0.25) is 0 Å². The van der Waals surface area contributed by atoms with Crippen LogP contribution in [0.3, 0.4) is 0 Å². The Bertz CT molecular complexity index is 357. The molecular formula is C13H20Cl2N2. The summed E-state index contributed by atoms with van der Waals surface area (Å²) in [4.78, 5) is 2.44. The zero-order valence-electron chi connectivity index (χ0n) is 10.1. The number of likely N-dealkylation sites (tertiary alicyclic amines) is 1. The van der Waals surface area contributed by atoms with Crippen LogP contribution >= 0.6 is 24.0 Å². The highest BCUT2D eigenvalue weighted by atomic mass is 35.5. The van der Waals surface area contributed by atoms with Gasteiger partial charge in [-0.2, -0.15) is 0 Å². The molecule has 1 aliphatic rings. The van der Waals surface area contributed by atoms with E-state index < -0.39 is 0 Å². The molecule has 1 aromatic carbocycles. The topological polar surface area (TPSA) is 29.3 Å². The first-order chi connectivity index (χ1) is 7.65. The zero-order valence-corrected chi connectivity index (χ0v) is 11.7. The second kappa shape index (κ2) is 6.60. The van der Waals surface area contributed by atoms with E-state index in [-0.39, 0.29) is 12.4 Å². The van der Waals surface area contributed by atoms with E-state index in [0.717, 1.165) is 31.1 Å². The molecule has 0 bridgehead atoms. The van der Waals surface area contributed by atoms with Crippen molar-refractivity contribution in [3.05, 3.63) is 34.9 Å². The summed E-state index contributed by atoms with van der Waals surface area (Å²) in [6, 6.07) is 8.51. The van der Waals surface area contributed by atoms with Gasteiger partial charge in [-0.1, -0.05) is 30.7 Å². The number of nitrogens with two attached hydrogens (primary N) is 1. The average molecular weight is 275 g/mol. The molecule has 0 radical (unpaired) electrons. The van der Waals surface area contributed by atoms with Crippen LogP contribution in [-0.2, 0) is 0 Å². The van der Waals surface area contributed by atoms with Crippen LogP contribution in [0.5, 0.6) is 0 Å². The molecule has 1 aliphatic heterocycles. The maximum atomic E-state index is 6.00. The number of hydrogen-bond donors (Lipinski definition) is 1. The molecule has 1 heterocycles. The summed E-state index contributed by atoms with van der Waals surface area (Å²) in [5, 5.41) is 0.822. The summed E-state index contributed by atoms with van der Waals surface area (Å²) >= 11 is 6.00. The Morgan fingerprint density at radius 1 is 1.53 bits per heavy atom. The highest BCUT2D eigenvalue weighted by molar-refractivity contribution is 6.30. The van der Waals surface area contributed by atoms with E-state index >= 15 is 0 Å². The molecule has 1 aromatic rings. The van der Waals surface area contributed by atoms with Crippen molar-refractivity contribution in [3.8, 4) is 0 Å². The SMILES string of the molecule is CC(CN1CC[C@H](N)C1)c1cccc(Cl)c1.Cl. The Morgan fingerprint density at radius 2 is 2.29 bits per heavy atom. The Morgan fingerprint density at radius 3 is 2.88 bits per heavy atom. The van der Waals surface area contributed by atoms with E-state index in [9.17, 15) is 0 Å². The van der Waals surface area contributed by atoms with Crippen molar-refractivity contribution in [1.29, 1.82) is 0 Å². The second-order valence-corrected chi connectivity index (χ2v) is 5.20. The molecule has 2 rings (SSSR count). The van der Waals surface area contributed by atoms with Crippen molar-refractivity contribution in [2.75, 3.05) is 19.6 Å². The molecule has 1 saturated heterocycles. The maximum Gasteiger partial charge on any atom is 0.0408 e. The van der Waals surface area contributed by atoms with Gasteiger partial charge in [0.05, 0.1) is 0 Å². The lowest BCUT2D eigenvalue weighted by Crippen LogP contribution is -2.29. The normalized spacial score (nSPS) is 22.2. The molecule has 0 spiro atoms. The first-order valence-corrected chi connectivity index (χ1v) is 6.26. The Kier molecular flexibility index (Phi) is 5.74. The van der Waals surface area contributed by atoms with Crippen molar-refractivity contribution >= 4 is 24.0 Å². The smallest absolute Gasteiger partial charge is 0.0408 e. The van der Waals surface area contributed by atoms with E-state index in [1.807, 2.05) is 12.1 Å². The first kappa shape index (κ1) is 14.8.